The summed E-state index contributed by atoms with van der Waals surface area (Å²) < 4.78 is 7.73. The standard InChI is InChI=1S/C16H21N/c1-13-11-17(12-14-7-3-2-4-8-14)16-10-6-5-9-15(13)16/h2-5,7-9,13,15-16H,6,10-12H2,1H3/t13-,15-,16-/m1/s1/i1D. The topological polar surface area (TPSA) is 3.24 Å². The van der Waals surface area contributed by atoms with Crippen molar-refractivity contribution in [1.29, 1.82) is 0 Å². The van der Waals surface area contributed by atoms with Crippen molar-refractivity contribution in [3.63, 3.8) is 0 Å². The van der Waals surface area contributed by atoms with Gasteiger partial charge in [-0.25, -0.2) is 0 Å². The molecule has 3 atom stereocenters. The summed E-state index contributed by atoms with van der Waals surface area (Å²) >= 11 is 0. The lowest BCUT2D eigenvalue weighted by Crippen LogP contribution is -2.32. The Balaban J connectivity index is 1.75. The molecule has 1 aromatic carbocycles. The van der Waals surface area contributed by atoms with Crippen molar-refractivity contribution in [3.05, 3.63) is 48.0 Å². The number of likely N-dealkylation sites (tertiary alicyclic amines) is 1. The van der Waals surface area contributed by atoms with Crippen LogP contribution in [0.2, 0.25) is 0 Å². The Bertz CT molecular complexity index is 414. The molecule has 1 nitrogen and oxygen atoms in total. The van der Waals surface area contributed by atoms with E-state index in [1.54, 1.807) is 0 Å². The van der Waals surface area contributed by atoms with Gasteiger partial charge in [0.25, 0.3) is 0 Å². The van der Waals surface area contributed by atoms with Gasteiger partial charge in [-0.1, -0.05) is 49.4 Å². The monoisotopic (exact) mass is 228 g/mol. The van der Waals surface area contributed by atoms with Crippen LogP contribution in [-0.2, 0) is 6.54 Å². The molecule has 0 unspecified atom stereocenters. The van der Waals surface area contributed by atoms with E-state index in [0.717, 1.165) is 13.1 Å². The van der Waals surface area contributed by atoms with Crippen LogP contribution in [0, 0.1) is 11.8 Å². The normalized spacial score (nSPS) is 33.4. The first-order chi connectivity index (χ1) is 8.88. The van der Waals surface area contributed by atoms with Crippen LogP contribution in [-0.4, -0.2) is 17.5 Å². The number of hydrogen-bond donors (Lipinski definition) is 0. The molecule has 0 radical (unpaired) electrons. The summed E-state index contributed by atoms with van der Waals surface area (Å²) in [6, 6.07) is 11.4. The van der Waals surface area contributed by atoms with Gasteiger partial charge in [-0.15, -0.1) is 0 Å². The van der Waals surface area contributed by atoms with Crippen molar-refractivity contribution in [2.24, 2.45) is 11.8 Å². The van der Waals surface area contributed by atoms with Crippen molar-refractivity contribution in [1.82, 2.24) is 4.90 Å². The Morgan fingerprint density at radius 2 is 2.24 bits per heavy atom. The summed E-state index contributed by atoms with van der Waals surface area (Å²) in [5, 5.41) is 0. The number of rotatable bonds is 2. The van der Waals surface area contributed by atoms with Crippen LogP contribution in [0.4, 0.5) is 0 Å². The van der Waals surface area contributed by atoms with E-state index in [2.05, 4.69) is 47.4 Å². The lowest BCUT2D eigenvalue weighted by atomic mass is 9.85. The molecule has 1 aliphatic heterocycles. The van der Waals surface area contributed by atoms with Crippen LogP contribution in [0.25, 0.3) is 0 Å². The average Bonchev–Trinajstić information content (AvgIpc) is 2.78. The Hall–Kier alpha value is -1.08. The first-order valence-electron chi connectivity index (χ1n) is 7.33. The second-order valence-electron chi connectivity index (χ2n) is 5.33. The molecule has 1 heteroatoms. The minimum atomic E-state index is 0.537. The third-order valence-electron chi connectivity index (χ3n) is 4.14. The van der Waals surface area contributed by atoms with E-state index < -0.39 is 0 Å². The maximum absolute atomic E-state index is 7.73. The lowest BCUT2D eigenvalue weighted by molar-refractivity contribution is 0.215. The molecule has 0 N–H and O–H groups in total. The molecule has 0 spiro atoms. The summed E-state index contributed by atoms with van der Waals surface area (Å²) in [6.07, 6.45) is 7.16. The highest BCUT2D eigenvalue weighted by Gasteiger charge is 2.38. The first kappa shape index (κ1) is 9.90. The molecule has 2 aliphatic rings. The van der Waals surface area contributed by atoms with E-state index in [1.165, 1.54) is 18.4 Å². The summed E-state index contributed by atoms with van der Waals surface area (Å²) in [5.41, 5.74) is 1.40. The summed E-state index contributed by atoms with van der Waals surface area (Å²) in [7, 11) is 0. The second kappa shape index (κ2) is 4.66. The smallest absolute Gasteiger partial charge is 0.0237 e. The van der Waals surface area contributed by atoms with Gasteiger partial charge in [0.2, 0.25) is 0 Å². The van der Waals surface area contributed by atoms with Gasteiger partial charge in [-0.05, 0) is 30.2 Å². The van der Waals surface area contributed by atoms with Gasteiger partial charge in [0, 0.05) is 20.5 Å². The number of fused-ring (bicyclic) bond motifs is 1. The van der Waals surface area contributed by atoms with Crippen LogP contribution in [0.1, 0.15) is 26.7 Å². The van der Waals surface area contributed by atoms with Crippen molar-refractivity contribution in [3.8, 4) is 0 Å². The number of nitrogens with zero attached hydrogens (tertiary/aromatic N) is 1. The lowest BCUT2D eigenvalue weighted by Gasteiger charge is -2.29. The predicted molar refractivity (Wildman–Crippen MR) is 71.7 cm³/mol. The minimum absolute atomic E-state index is 0.537. The molecule has 17 heavy (non-hydrogen) atoms. The number of allylic oxidation sites excluding steroid dienone is 1. The first-order valence-corrected chi connectivity index (χ1v) is 6.62. The Morgan fingerprint density at radius 3 is 3.06 bits per heavy atom. The van der Waals surface area contributed by atoms with Crippen LogP contribution >= 0.6 is 0 Å². The zero-order chi connectivity index (χ0) is 12.4. The average molecular weight is 228 g/mol. The zero-order valence-electron chi connectivity index (χ0n) is 11.3. The molecule has 0 bridgehead atoms. The molecular weight excluding hydrogens is 206 g/mol. The highest BCUT2D eigenvalue weighted by Crippen LogP contribution is 2.36. The minimum Gasteiger partial charge on any atom is -0.295 e. The molecular formula is C16H21N. The largest absolute Gasteiger partial charge is 0.295 e. The third kappa shape index (κ3) is 2.16. The van der Waals surface area contributed by atoms with Gasteiger partial charge in [-0.3, -0.25) is 4.90 Å². The van der Waals surface area contributed by atoms with Crippen LogP contribution in [0.3, 0.4) is 0 Å². The van der Waals surface area contributed by atoms with Crippen molar-refractivity contribution in [2.45, 2.75) is 32.3 Å². The van der Waals surface area contributed by atoms with Crippen molar-refractivity contribution in [2.75, 3.05) is 6.54 Å². The van der Waals surface area contributed by atoms with E-state index in [4.69, 9.17) is 1.37 Å². The summed E-state index contributed by atoms with van der Waals surface area (Å²) in [5.74, 6) is 1.16. The molecule has 1 heterocycles. The predicted octanol–water partition coefficient (Wildman–Crippen LogP) is 3.47. The van der Waals surface area contributed by atoms with Gasteiger partial charge in [0.15, 0.2) is 0 Å². The van der Waals surface area contributed by atoms with Gasteiger partial charge in [0.1, 0.15) is 0 Å². The van der Waals surface area contributed by atoms with Gasteiger partial charge < -0.3 is 0 Å². The van der Waals surface area contributed by atoms with E-state index >= 15 is 0 Å². The highest BCUT2D eigenvalue weighted by molar-refractivity contribution is 5.16. The fourth-order valence-corrected chi connectivity index (χ4v) is 3.30. The molecule has 1 aliphatic carbocycles. The number of benzene rings is 1. The summed E-state index contributed by atoms with van der Waals surface area (Å²) in [4.78, 5) is 2.60. The van der Waals surface area contributed by atoms with E-state index in [1.807, 2.05) is 0 Å². The van der Waals surface area contributed by atoms with Gasteiger partial charge in [-0.2, -0.15) is 0 Å². The maximum atomic E-state index is 7.73. The molecule has 1 saturated heterocycles. The third-order valence-corrected chi connectivity index (χ3v) is 4.14. The fourth-order valence-electron chi connectivity index (χ4n) is 3.30. The molecule has 3 rings (SSSR count). The molecule has 1 fully saturated rings. The van der Waals surface area contributed by atoms with E-state index in [9.17, 15) is 0 Å². The van der Waals surface area contributed by atoms with E-state index in [-0.39, 0.29) is 0 Å². The van der Waals surface area contributed by atoms with Crippen molar-refractivity contribution >= 4 is 0 Å². The number of hydrogen-bond acceptors (Lipinski definition) is 1. The zero-order valence-corrected chi connectivity index (χ0v) is 10.3. The van der Waals surface area contributed by atoms with Crippen molar-refractivity contribution < 1.29 is 1.37 Å². The Kier molecular flexibility index (Phi) is 2.71. The quantitative estimate of drug-likeness (QED) is 0.701. The van der Waals surface area contributed by atoms with Crippen LogP contribution in [0.5, 0.6) is 0 Å². The molecule has 0 amide bonds. The van der Waals surface area contributed by atoms with Crippen LogP contribution < -0.4 is 0 Å². The second-order valence-corrected chi connectivity index (χ2v) is 5.33. The van der Waals surface area contributed by atoms with E-state index in [0.29, 0.717) is 24.8 Å². The SMILES string of the molecule is [2H]C[C@@H]1CN(Cc2ccccc2)[C@@H]2CCC=C[C@H]12. The maximum Gasteiger partial charge on any atom is 0.0237 e. The molecule has 1 aromatic rings. The Morgan fingerprint density at radius 1 is 1.35 bits per heavy atom. The molecule has 90 valence electrons. The van der Waals surface area contributed by atoms with Gasteiger partial charge in [0.05, 0.1) is 0 Å². The van der Waals surface area contributed by atoms with Gasteiger partial charge >= 0.3 is 0 Å². The van der Waals surface area contributed by atoms with Crippen LogP contribution in [0.15, 0.2) is 42.5 Å². The fraction of sp³-hybridized carbons (Fsp3) is 0.500. The highest BCUT2D eigenvalue weighted by atomic mass is 15.2. The summed E-state index contributed by atoms with van der Waals surface area (Å²) in [6.45, 7) is 2.71. The Labute approximate surface area is 106 Å². The molecule has 0 aromatic heterocycles. The molecule has 0 saturated carbocycles.